The first-order chi connectivity index (χ1) is 7.69. The van der Waals surface area contributed by atoms with Gasteiger partial charge in [0, 0.05) is 20.3 Å². The van der Waals surface area contributed by atoms with Gasteiger partial charge in [-0.15, -0.1) is 0 Å². The highest BCUT2D eigenvalue weighted by Crippen LogP contribution is 2.20. The van der Waals surface area contributed by atoms with Crippen LogP contribution < -0.4 is 4.43 Å². The first-order valence-corrected chi connectivity index (χ1v) is 7.14. The van der Waals surface area contributed by atoms with Crippen LogP contribution >= 0.6 is 0 Å². The van der Waals surface area contributed by atoms with Crippen LogP contribution in [-0.2, 0) is 8.85 Å². The van der Waals surface area contributed by atoms with Gasteiger partial charge >= 0.3 is 8.80 Å². The molecule has 0 unspecified atom stereocenters. The Kier molecular flexibility index (Phi) is 4.73. The highest BCUT2D eigenvalue weighted by atomic mass is 28.4. The fraction of sp³-hybridized carbons (Fsp3) is 0.333. The van der Waals surface area contributed by atoms with Gasteiger partial charge in [0.25, 0.3) is 0 Å². The van der Waals surface area contributed by atoms with Crippen molar-refractivity contribution in [1.29, 1.82) is 0 Å². The van der Waals surface area contributed by atoms with Gasteiger partial charge in [0.2, 0.25) is 0 Å². The standard InChI is InChI=1S/C12H18O3Si/c1-5-11-7-9-12(10-8-11)15-16(6-2,13-3)14-4/h5,7-10H,1,6H2,2-4H3. The first kappa shape index (κ1) is 13.0. The largest absolute Gasteiger partial charge is 0.565 e. The summed E-state index contributed by atoms with van der Waals surface area (Å²) in [5, 5.41) is 0. The summed E-state index contributed by atoms with van der Waals surface area (Å²) in [5.74, 6) is 0.766. The van der Waals surface area contributed by atoms with Gasteiger partial charge in [-0.05, 0) is 17.7 Å². The first-order valence-electron chi connectivity index (χ1n) is 5.21. The maximum absolute atomic E-state index is 5.81. The summed E-state index contributed by atoms with van der Waals surface area (Å²) >= 11 is 0. The van der Waals surface area contributed by atoms with Crippen molar-refractivity contribution in [3.05, 3.63) is 36.4 Å². The van der Waals surface area contributed by atoms with Crippen LogP contribution in [0.1, 0.15) is 12.5 Å². The van der Waals surface area contributed by atoms with E-state index in [1.807, 2.05) is 31.2 Å². The van der Waals surface area contributed by atoms with Crippen molar-refractivity contribution >= 4 is 14.9 Å². The lowest BCUT2D eigenvalue weighted by atomic mass is 10.2. The van der Waals surface area contributed by atoms with Gasteiger partial charge in [-0.1, -0.05) is 31.7 Å². The molecule has 0 saturated carbocycles. The topological polar surface area (TPSA) is 27.7 Å². The van der Waals surface area contributed by atoms with E-state index in [1.54, 1.807) is 20.3 Å². The van der Waals surface area contributed by atoms with Gasteiger partial charge in [0.05, 0.1) is 0 Å². The molecule has 0 aliphatic heterocycles. The van der Waals surface area contributed by atoms with E-state index in [-0.39, 0.29) is 0 Å². The molecule has 0 aromatic heterocycles. The number of rotatable bonds is 6. The second kappa shape index (κ2) is 5.84. The summed E-state index contributed by atoms with van der Waals surface area (Å²) in [5.41, 5.74) is 1.06. The molecule has 0 aliphatic carbocycles. The quantitative estimate of drug-likeness (QED) is 0.713. The minimum absolute atomic E-state index is 0.739. The molecule has 1 aromatic carbocycles. The third-order valence-corrected chi connectivity index (χ3v) is 5.10. The molecular weight excluding hydrogens is 220 g/mol. The van der Waals surface area contributed by atoms with E-state index in [0.717, 1.165) is 17.4 Å². The van der Waals surface area contributed by atoms with E-state index >= 15 is 0 Å². The van der Waals surface area contributed by atoms with E-state index in [4.69, 9.17) is 13.3 Å². The second-order valence-corrected chi connectivity index (χ2v) is 6.41. The van der Waals surface area contributed by atoms with E-state index in [0.29, 0.717) is 0 Å². The number of benzene rings is 1. The van der Waals surface area contributed by atoms with Crippen LogP contribution in [-0.4, -0.2) is 23.0 Å². The van der Waals surface area contributed by atoms with Crippen molar-refractivity contribution < 1.29 is 13.3 Å². The molecule has 88 valence electrons. The molecule has 3 nitrogen and oxygen atoms in total. The van der Waals surface area contributed by atoms with E-state index in [9.17, 15) is 0 Å². The van der Waals surface area contributed by atoms with Crippen LogP contribution in [0.3, 0.4) is 0 Å². The van der Waals surface area contributed by atoms with Gasteiger partial charge in [-0.2, -0.15) is 0 Å². The Bertz CT molecular complexity index is 322. The Morgan fingerprint density at radius 3 is 2.12 bits per heavy atom. The van der Waals surface area contributed by atoms with Crippen molar-refractivity contribution in [2.45, 2.75) is 13.0 Å². The molecule has 0 radical (unpaired) electrons. The molecule has 0 atom stereocenters. The molecule has 1 aromatic rings. The number of hydrogen-bond donors (Lipinski definition) is 0. The molecule has 0 aliphatic rings. The monoisotopic (exact) mass is 238 g/mol. The summed E-state index contributed by atoms with van der Waals surface area (Å²) in [7, 11) is 0.733. The van der Waals surface area contributed by atoms with Crippen LogP contribution in [0.15, 0.2) is 30.8 Å². The smallest absolute Gasteiger partial charge is 0.501 e. The average Bonchev–Trinajstić information content (AvgIpc) is 2.37. The molecule has 1 rings (SSSR count). The molecule has 0 saturated heterocycles. The predicted molar refractivity (Wildman–Crippen MR) is 67.4 cm³/mol. The number of hydrogen-bond acceptors (Lipinski definition) is 3. The average molecular weight is 238 g/mol. The second-order valence-electron chi connectivity index (χ2n) is 3.32. The summed E-state index contributed by atoms with van der Waals surface area (Å²) in [4.78, 5) is 0. The Balaban J connectivity index is 2.81. The third-order valence-electron chi connectivity index (χ3n) is 2.44. The van der Waals surface area contributed by atoms with Crippen LogP contribution in [0.25, 0.3) is 6.08 Å². The van der Waals surface area contributed by atoms with Crippen molar-refractivity contribution in [3.63, 3.8) is 0 Å². The molecule has 0 bridgehead atoms. The summed E-state index contributed by atoms with van der Waals surface area (Å²) in [6.07, 6.45) is 1.79. The van der Waals surface area contributed by atoms with Crippen molar-refractivity contribution in [2.75, 3.05) is 14.2 Å². The van der Waals surface area contributed by atoms with Gasteiger partial charge in [-0.3, -0.25) is 0 Å². The Labute approximate surface area is 98.0 Å². The van der Waals surface area contributed by atoms with Crippen molar-refractivity contribution in [3.8, 4) is 5.75 Å². The zero-order valence-electron chi connectivity index (χ0n) is 10.0. The molecule has 4 heteroatoms. The molecule has 0 spiro atoms. The zero-order valence-corrected chi connectivity index (χ0v) is 11.0. The minimum Gasteiger partial charge on any atom is -0.501 e. The lowest BCUT2D eigenvalue weighted by Gasteiger charge is -2.25. The fourth-order valence-electron chi connectivity index (χ4n) is 1.38. The van der Waals surface area contributed by atoms with Crippen LogP contribution in [0.2, 0.25) is 6.04 Å². The lowest BCUT2D eigenvalue weighted by Crippen LogP contribution is -2.46. The predicted octanol–water partition coefficient (Wildman–Crippen LogP) is 2.96. The Hall–Kier alpha value is -1.10. The van der Waals surface area contributed by atoms with Gasteiger partial charge < -0.3 is 13.3 Å². The Morgan fingerprint density at radius 1 is 1.19 bits per heavy atom. The van der Waals surface area contributed by atoms with Gasteiger partial charge in [-0.25, -0.2) is 0 Å². The molecule has 0 amide bonds. The highest BCUT2D eigenvalue weighted by molar-refractivity contribution is 6.61. The van der Waals surface area contributed by atoms with Crippen molar-refractivity contribution in [2.24, 2.45) is 0 Å². The lowest BCUT2D eigenvalue weighted by molar-refractivity contribution is 0.162. The summed E-state index contributed by atoms with van der Waals surface area (Å²) in [6.45, 7) is 5.70. The summed E-state index contributed by atoms with van der Waals surface area (Å²) in [6, 6.07) is 8.42. The van der Waals surface area contributed by atoms with Crippen LogP contribution in [0, 0.1) is 0 Å². The maximum Gasteiger partial charge on any atom is 0.565 e. The Morgan fingerprint density at radius 2 is 1.75 bits per heavy atom. The van der Waals surface area contributed by atoms with E-state index in [2.05, 4.69) is 6.58 Å². The normalized spacial score (nSPS) is 11.2. The van der Waals surface area contributed by atoms with Crippen molar-refractivity contribution in [1.82, 2.24) is 0 Å². The minimum atomic E-state index is -2.51. The van der Waals surface area contributed by atoms with Gasteiger partial charge in [0.15, 0.2) is 0 Å². The third kappa shape index (κ3) is 2.94. The maximum atomic E-state index is 5.81. The fourth-order valence-corrected chi connectivity index (χ4v) is 2.93. The van der Waals surface area contributed by atoms with Crippen LogP contribution in [0.5, 0.6) is 5.75 Å². The van der Waals surface area contributed by atoms with E-state index < -0.39 is 8.80 Å². The summed E-state index contributed by atoms with van der Waals surface area (Å²) < 4.78 is 16.6. The molecule has 0 heterocycles. The molecule has 0 fully saturated rings. The molecular formula is C12H18O3Si. The van der Waals surface area contributed by atoms with Crippen LogP contribution in [0.4, 0.5) is 0 Å². The molecule has 0 N–H and O–H groups in total. The van der Waals surface area contributed by atoms with E-state index in [1.165, 1.54) is 0 Å². The highest BCUT2D eigenvalue weighted by Gasteiger charge is 2.39. The zero-order chi connectivity index (χ0) is 12.0. The molecule has 16 heavy (non-hydrogen) atoms. The van der Waals surface area contributed by atoms with Gasteiger partial charge in [0.1, 0.15) is 5.75 Å². The SMILES string of the molecule is C=Cc1ccc(O[Si](CC)(OC)OC)cc1.